The highest BCUT2D eigenvalue weighted by molar-refractivity contribution is 6.08. The van der Waals surface area contributed by atoms with Gasteiger partial charge >= 0.3 is 0 Å². The van der Waals surface area contributed by atoms with Gasteiger partial charge in [0.2, 0.25) is 0 Å². The van der Waals surface area contributed by atoms with Crippen molar-refractivity contribution in [2.24, 2.45) is 32.5 Å². The van der Waals surface area contributed by atoms with Crippen molar-refractivity contribution in [3.8, 4) is 5.75 Å². The minimum absolute atomic E-state index is 0.0128. The predicted octanol–water partition coefficient (Wildman–Crippen LogP) is 25.6. The molecular weight excluding hydrogens is 1870 g/mol. The standard InChI is InChI=1S/C22H25N3O.3C21H22N4O.C20H21N3O2.C17H25N3O/c1-13-18-20(25-24-13)23-16-11-21(2,3)12-17(26)19(16)22(18)10-6-8-14-7-4-5-9-15(14)22;3*1-12-17-19(25-24-12)23-15-10-20(2,3)11-16(26)18(15)21(17,4)13-7-6-8-14(9-13)22-5;1-11-16-18(23-22-11)21-13-8-19(2,3)9-14(24)17(13)20(16)10-25-15-7-5-4-6-12(15)20;1-6-17(7-2)13-10(3)19-20-15(13)18-11-8-16(4,5)9-12(21)14(11)17/h4-5,7,9H,6,8,10-12H2,1-3H3,(H2,23,24,25);3*6-9H,10-11H2,1-4H3,(H2,23,24,25);4-7H,8-10H2,1-3H3,(H2,21,22,23);6-9H2,1-5H3,(H2,18,19,20)/t;2*21-;;;/m.10.../s1. The number of nitrogens with one attached hydrogen (secondary N) is 12. The van der Waals surface area contributed by atoms with E-state index in [4.69, 9.17) is 24.5 Å². The van der Waals surface area contributed by atoms with Gasteiger partial charge in [-0.2, -0.15) is 30.6 Å². The lowest BCUT2D eigenvalue weighted by Gasteiger charge is -2.48. The number of fused-ring (bicyclic) bond motifs is 14. The molecule has 0 radical (unpaired) electrons. The molecule has 6 aromatic heterocycles. The van der Waals surface area contributed by atoms with Crippen LogP contribution in [0.3, 0.4) is 0 Å². The Morgan fingerprint density at radius 2 is 0.580 bits per heavy atom. The molecule has 7 aliphatic heterocycles. The van der Waals surface area contributed by atoms with Gasteiger partial charge in [-0.3, -0.25) is 59.4 Å². The third-order valence-electron chi connectivity index (χ3n) is 34.3. The number of allylic oxidation sites excluding steroid dienone is 11. The summed E-state index contributed by atoms with van der Waals surface area (Å²) >= 11 is 0. The maximum absolute atomic E-state index is 13.4. The molecule has 14 aliphatic rings. The van der Waals surface area contributed by atoms with Gasteiger partial charge in [-0.25, -0.2) is 14.5 Å². The van der Waals surface area contributed by atoms with E-state index in [0.717, 1.165) is 258 Å². The van der Waals surface area contributed by atoms with Gasteiger partial charge in [0.25, 0.3) is 0 Å². The number of Topliss-reactive ketones (excluding diaryl/α,β-unsaturated/α-hetero) is 6. The first-order valence-corrected chi connectivity index (χ1v) is 52.8. The number of aromatic nitrogens is 12. The summed E-state index contributed by atoms with van der Waals surface area (Å²) in [5.41, 5.74) is 28.8. The van der Waals surface area contributed by atoms with E-state index in [0.29, 0.717) is 73.8 Å². The number of nitrogens with zero attached hydrogens (tertiary/aromatic N) is 9. The molecule has 772 valence electrons. The first-order valence-electron chi connectivity index (χ1n) is 52.8. The summed E-state index contributed by atoms with van der Waals surface area (Å²) in [6.45, 7) is 71.0. The summed E-state index contributed by atoms with van der Waals surface area (Å²) in [5.74, 6) is 7.18. The molecule has 150 heavy (non-hydrogen) atoms. The van der Waals surface area contributed by atoms with Crippen LogP contribution in [0.4, 0.5) is 52.0 Å². The maximum Gasteiger partial charge on any atom is 0.187 e. The fraction of sp³-hybridized carbons (Fsp3) is 0.434. The Morgan fingerprint density at radius 3 is 0.927 bits per heavy atom. The molecule has 0 fully saturated rings. The van der Waals surface area contributed by atoms with Crippen molar-refractivity contribution in [1.29, 1.82) is 0 Å². The number of benzene rings is 5. The average Bonchev–Trinajstić information content (AvgIpc) is 1.64. The Balaban J connectivity index is 0.000000109. The van der Waals surface area contributed by atoms with E-state index in [-0.39, 0.29) is 66.5 Å². The third-order valence-corrected chi connectivity index (χ3v) is 34.3. The lowest BCUT2D eigenvalue weighted by atomic mass is 9.56. The number of rotatable bonds is 5. The summed E-state index contributed by atoms with van der Waals surface area (Å²) in [5, 5.41) is 66.0. The largest absolute Gasteiger partial charge is 0.492 e. The second kappa shape index (κ2) is 36.4. The fourth-order valence-corrected chi connectivity index (χ4v) is 28.5. The lowest BCUT2D eigenvalue weighted by Crippen LogP contribution is -2.45. The van der Waals surface area contributed by atoms with Crippen LogP contribution < -0.4 is 36.6 Å². The molecule has 25 rings (SSSR count). The normalized spacial score (nSPS) is 24.4. The van der Waals surface area contributed by atoms with Crippen molar-refractivity contribution in [2.45, 2.75) is 301 Å². The zero-order chi connectivity index (χ0) is 107. The molecule has 28 nitrogen and oxygen atoms in total. The van der Waals surface area contributed by atoms with Crippen LogP contribution in [0, 0.1) is 93.7 Å². The molecule has 5 atom stereocenters. The Kier molecular flexibility index (Phi) is 24.8. The first kappa shape index (κ1) is 102. The summed E-state index contributed by atoms with van der Waals surface area (Å²) < 4.78 is 6.07. The highest BCUT2D eigenvalue weighted by Gasteiger charge is 2.60. The van der Waals surface area contributed by atoms with Crippen molar-refractivity contribution in [3.63, 3.8) is 0 Å². The van der Waals surface area contributed by atoms with Gasteiger partial charge in [0.15, 0.2) is 86.7 Å². The van der Waals surface area contributed by atoms with Crippen LogP contribution in [0.5, 0.6) is 5.75 Å². The molecule has 28 heteroatoms. The molecule has 7 aliphatic carbocycles. The van der Waals surface area contributed by atoms with E-state index in [9.17, 15) is 28.8 Å². The average molecular weight is 2010 g/mol. The molecule has 13 heterocycles. The minimum Gasteiger partial charge on any atom is -0.492 e. The first-order chi connectivity index (χ1) is 71.0. The molecule has 0 saturated heterocycles. The van der Waals surface area contributed by atoms with E-state index in [2.05, 4.69) is 270 Å². The molecule has 11 aromatic rings. The van der Waals surface area contributed by atoms with Gasteiger partial charge in [0.05, 0.1) is 46.8 Å². The monoisotopic (exact) mass is 2010 g/mol. The molecular formula is C122H137N21O7. The number of aryl methyl sites for hydroxylation is 7. The summed E-state index contributed by atoms with van der Waals surface area (Å²) in [7, 11) is 0. The second-order valence-corrected chi connectivity index (χ2v) is 49.2. The number of H-pyrrole nitrogens is 6. The fourth-order valence-electron chi connectivity index (χ4n) is 28.5. The maximum atomic E-state index is 13.4. The number of carbonyl (C=O) groups is 6. The van der Waals surface area contributed by atoms with Crippen LogP contribution in [0.15, 0.2) is 189 Å². The highest BCUT2D eigenvalue weighted by atomic mass is 16.5. The number of ketones is 6. The molecule has 0 bridgehead atoms. The van der Waals surface area contributed by atoms with E-state index in [1.165, 1.54) is 22.3 Å². The van der Waals surface area contributed by atoms with Gasteiger partial charge in [0.1, 0.15) is 12.4 Å². The Hall–Kier alpha value is -15.1. The van der Waals surface area contributed by atoms with Crippen molar-refractivity contribution in [3.05, 3.63) is 324 Å². The zero-order valence-electron chi connectivity index (χ0n) is 90.7. The van der Waals surface area contributed by atoms with Crippen LogP contribution in [0.1, 0.15) is 321 Å². The van der Waals surface area contributed by atoms with Gasteiger partial charge in [-0.15, -0.1) is 0 Å². The number of hydrogen-bond acceptors (Lipinski definition) is 19. The SMILES string of the molecule is CCC1(CC)C2=C(CC(C)(C)CC2=O)Nc2n[nH]c(C)c21.Cc1[nH]nc2c1C1(CCCc3ccccc31)C1=C(CC(C)(C)CC1=O)N2.Cc1[nH]nc2c1C1(COc3ccccc31)C1=C(CC(C)(C)CC1=O)N2.[C-]#[N+]c1cccc(C2(C)C3=C(CC(C)(C)CC3=O)Nc3n[nH]c(C)c32)c1.[C-]#[N+]c1cccc([C@@]2(C)C3=C(CC(C)(C)CC3=O)Nc3n[nH]c(C)c32)c1.[C-]#[N+]c1cccc([C@]2(C)C3=C(CC(C)(C)CC3=O)Nc3n[nH]c(C)c32)c1. The topological polar surface area (TPSA) is 369 Å². The summed E-state index contributed by atoms with van der Waals surface area (Å²) in [6, 6.07) is 39.5. The number of anilines is 6. The summed E-state index contributed by atoms with van der Waals surface area (Å²) in [6.07, 6.45) is 13.5. The van der Waals surface area contributed by atoms with Crippen LogP contribution >= 0.6 is 0 Å². The van der Waals surface area contributed by atoms with Crippen molar-refractivity contribution in [2.75, 3.05) is 38.5 Å². The third kappa shape index (κ3) is 16.5. The molecule has 0 saturated carbocycles. The van der Waals surface area contributed by atoms with E-state index < -0.39 is 21.7 Å². The van der Waals surface area contributed by atoms with E-state index >= 15 is 0 Å². The van der Waals surface area contributed by atoms with Crippen molar-refractivity contribution in [1.82, 2.24) is 61.2 Å². The molecule has 12 N–H and O–H groups in total. The Bertz CT molecular complexity index is 7540. The van der Waals surface area contributed by atoms with Gasteiger partial charge in [-0.1, -0.05) is 212 Å². The molecule has 5 aromatic carbocycles. The number of hydrogen-bond donors (Lipinski definition) is 12. The number of para-hydroxylation sites is 1. The number of carbonyl (C=O) groups excluding carboxylic acids is 6. The Morgan fingerprint density at radius 1 is 0.307 bits per heavy atom. The number of aromatic amines is 6. The van der Waals surface area contributed by atoms with E-state index in [1.807, 2.05) is 100 Å². The van der Waals surface area contributed by atoms with Gasteiger partial charge in [-0.05, 0) is 199 Å². The molecule has 2 spiro atoms. The quantitative estimate of drug-likeness (QED) is 0.0712. The highest BCUT2D eigenvalue weighted by Crippen LogP contribution is 2.64. The summed E-state index contributed by atoms with van der Waals surface area (Å²) in [4.78, 5) is 90.1. The lowest BCUT2D eigenvalue weighted by molar-refractivity contribution is -0.119. The van der Waals surface area contributed by atoms with Gasteiger partial charge < -0.3 is 36.6 Å². The predicted molar refractivity (Wildman–Crippen MR) is 585 cm³/mol. The van der Waals surface area contributed by atoms with E-state index in [1.54, 1.807) is 18.2 Å². The van der Waals surface area contributed by atoms with Crippen LogP contribution in [0.2, 0.25) is 0 Å². The van der Waals surface area contributed by atoms with Crippen LogP contribution in [-0.2, 0) is 67.7 Å². The minimum atomic E-state index is -0.624. The van der Waals surface area contributed by atoms with Crippen molar-refractivity contribution < 1.29 is 33.5 Å². The molecule has 3 unspecified atom stereocenters. The van der Waals surface area contributed by atoms with Gasteiger partial charge in [0, 0.05) is 185 Å². The van der Waals surface area contributed by atoms with Crippen molar-refractivity contribution >= 4 is 86.7 Å². The number of ether oxygens (including phenoxy) is 1. The Labute approximate surface area is 877 Å². The smallest absolute Gasteiger partial charge is 0.187 e. The van der Waals surface area contributed by atoms with Crippen LogP contribution in [0.25, 0.3) is 14.5 Å². The second-order valence-electron chi connectivity index (χ2n) is 49.2. The zero-order valence-corrected chi connectivity index (χ0v) is 90.7. The molecule has 0 amide bonds. The van der Waals surface area contributed by atoms with Crippen LogP contribution in [-0.4, -0.2) is 102 Å².